The average molecular weight is 365 g/mol. The van der Waals surface area contributed by atoms with Crippen LogP contribution in [-0.2, 0) is 21.2 Å². The molecule has 1 unspecified atom stereocenters. The molecular weight excluding hydrogens is 338 g/mol. The highest BCUT2D eigenvalue weighted by Gasteiger charge is 2.28. The van der Waals surface area contributed by atoms with Gasteiger partial charge in [0.05, 0.1) is 4.90 Å². The molecule has 1 atom stereocenters. The molecule has 2 fully saturated rings. The summed E-state index contributed by atoms with van der Waals surface area (Å²) < 4.78 is 27.0. The smallest absolute Gasteiger partial charge is 0.240 e. The molecule has 1 aromatic rings. The lowest BCUT2D eigenvalue weighted by atomic mass is 10.0. The lowest BCUT2D eigenvalue weighted by Crippen LogP contribution is -2.47. The van der Waals surface area contributed by atoms with Crippen LogP contribution in [0.1, 0.15) is 37.7 Å². The van der Waals surface area contributed by atoms with Gasteiger partial charge in [0, 0.05) is 31.6 Å². The molecule has 3 rings (SSSR count). The minimum Gasteiger partial charge on any atom is -0.341 e. The molecule has 0 bridgehead atoms. The van der Waals surface area contributed by atoms with Crippen LogP contribution < -0.4 is 10.0 Å². The maximum absolute atomic E-state index is 12.4. The van der Waals surface area contributed by atoms with Crippen molar-refractivity contribution in [2.24, 2.45) is 0 Å². The van der Waals surface area contributed by atoms with Gasteiger partial charge >= 0.3 is 0 Å². The second kappa shape index (κ2) is 7.85. The zero-order valence-corrected chi connectivity index (χ0v) is 15.5. The third-order valence-electron chi connectivity index (χ3n) is 4.94. The first-order valence-electron chi connectivity index (χ1n) is 9.04. The molecule has 1 heterocycles. The normalized spacial score (nSPS) is 21.3. The first-order chi connectivity index (χ1) is 12.0. The minimum absolute atomic E-state index is 0.105. The zero-order valence-electron chi connectivity index (χ0n) is 14.7. The molecule has 1 amide bonds. The van der Waals surface area contributed by atoms with Crippen molar-refractivity contribution in [3.8, 4) is 0 Å². The predicted octanol–water partition coefficient (Wildman–Crippen LogP) is 1.27. The van der Waals surface area contributed by atoms with E-state index in [1.165, 1.54) is 0 Å². The first kappa shape index (κ1) is 18.4. The number of hydrogen-bond donors (Lipinski definition) is 2. The highest BCUT2D eigenvalue weighted by atomic mass is 32.2. The first-order valence-corrected chi connectivity index (χ1v) is 10.5. The van der Waals surface area contributed by atoms with E-state index in [4.69, 9.17) is 0 Å². The Morgan fingerprint density at radius 3 is 2.52 bits per heavy atom. The summed E-state index contributed by atoms with van der Waals surface area (Å²) in [6, 6.07) is 7.36. The molecule has 0 aromatic heterocycles. The van der Waals surface area contributed by atoms with Gasteiger partial charge in [0.1, 0.15) is 0 Å². The number of nitrogens with one attached hydrogen (secondary N) is 2. The van der Waals surface area contributed by atoms with E-state index in [0.29, 0.717) is 23.8 Å². The number of piperidine rings is 1. The van der Waals surface area contributed by atoms with E-state index in [2.05, 4.69) is 10.0 Å². The molecule has 7 heteroatoms. The van der Waals surface area contributed by atoms with Crippen LogP contribution in [0.2, 0.25) is 0 Å². The van der Waals surface area contributed by atoms with E-state index >= 15 is 0 Å². The fourth-order valence-electron chi connectivity index (χ4n) is 3.17. The van der Waals surface area contributed by atoms with E-state index in [0.717, 1.165) is 44.3 Å². The van der Waals surface area contributed by atoms with Crippen LogP contribution in [0, 0.1) is 0 Å². The van der Waals surface area contributed by atoms with Gasteiger partial charge in [0.2, 0.25) is 15.9 Å². The van der Waals surface area contributed by atoms with Crippen molar-refractivity contribution < 1.29 is 13.2 Å². The number of likely N-dealkylation sites (tertiary alicyclic amines) is 1. The molecule has 1 aliphatic carbocycles. The molecule has 2 N–H and O–H groups in total. The third-order valence-corrected chi connectivity index (χ3v) is 6.48. The Balaban J connectivity index is 1.52. The van der Waals surface area contributed by atoms with E-state index < -0.39 is 10.0 Å². The molecule has 1 saturated heterocycles. The zero-order chi connectivity index (χ0) is 17.9. The van der Waals surface area contributed by atoms with Crippen molar-refractivity contribution in [2.75, 3.05) is 20.1 Å². The predicted molar refractivity (Wildman–Crippen MR) is 96.8 cm³/mol. The summed E-state index contributed by atoms with van der Waals surface area (Å²) in [5.41, 5.74) is 0.987. The molecule has 138 valence electrons. The molecule has 25 heavy (non-hydrogen) atoms. The van der Waals surface area contributed by atoms with E-state index in [-0.39, 0.29) is 11.9 Å². The quantitative estimate of drug-likeness (QED) is 0.763. The van der Waals surface area contributed by atoms with Crippen molar-refractivity contribution in [3.05, 3.63) is 29.8 Å². The van der Waals surface area contributed by atoms with Crippen molar-refractivity contribution in [3.63, 3.8) is 0 Å². The van der Waals surface area contributed by atoms with Crippen molar-refractivity contribution in [2.45, 2.75) is 55.5 Å². The van der Waals surface area contributed by atoms with Crippen molar-refractivity contribution >= 4 is 15.9 Å². The summed E-state index contributed by atoms with van der Waals surface area (Å²) in [5.74, 6) is 0.173. The van der Waals surface area contributed by atoms with Crippen molar-refractivity contribution in [1.29, 1.82) is 0 Å². The van der Waals surface area contributed by atoms with E-state index in [1.54, 1.807) is 24.3 Å². The number of sulfonamides is 1. The van der Waals surface area contributed by atoms with E-state index in [1.807, 2.05) is 11.9 Å². The highest BCUT2D eigenvalue weighted by Crippen LogP contribution is 2.22. The van der Waals surface area contributed by atoms with Crippen LogP contribution in [0.4, 0.5) is 0 Å². The van der Waals surface area contributed by atoms with Gasteiger partial charge in [-0.3, -0.25) is 4.79 Å². The van der Waals surface area contributed by atoms with Crippen LogP contribution in [0.5, 0.6) is 0 Å². The molecule has 1 saturated carbocycles. The molecule has 2 aliphatic rings. The maximum Gasteiger partial charge on any atom is 0.240 e. The van der Waals surface area contributed by atoms with Gasteiger partial charge in [0.15, 0.2) is 0 Å². The Morgan fingerprint density at radius 1 is 1.16 bits per heavy atom. The van der Waals surface area contributed by atoms with Gasteiger partial charge in [-0.15, -0.1) is 0 Å². The van der Waals surface area contributed by atoms with Crippen LogP contribution in [0.3, 0.4) is 0 Å². The van der Waals surface area contributed by atoms with Gasteiger partial charge in [0.25, 0.3) is 0 Å². The van der Waals surface area contributed by atoms with Crippen LogP contribution in [-0.4, -0.2) is 51.4 Å². The lowest BCUT2D eigenvalue weighted by Gasteiger charge is -2.32. The molecule has 0 spiro atoms. The number of benzene rings is 1. The topological polar surface area (TPSA) is 78.5 Å². The SMILES string of the molecule is CNC1CCCN(C(=O)CCc2ccc(S(=O)(=O)NC3CC3)cc2)C1. The number of aryl methyl sites for hydroxylation is 1. The fraction of sp³-hybridized carbons (Fsp3) is 0.611. The Hall–Kier alpha value is -1.44. The summed E-state index contributed by atoms with van der Waals surface area (Å²) in [6.45, 7) is 1.61. The number of carbonyl (C=O) groups is 1. The van der Waals surface area contributed by atoms with Crippen LogP contribution in [0.25, 0.3) is 0 Å². The number of rotatable bonds is 7. The number of nitrogens with zero attached hydrogens (tertiary/aromatic N) is 1. The van der Waals surface area contributed by atoms with Gasteiger partial charge in [-0.25, -0.2) is 13.1 Å². The van der Waals surface area contributed by atoms with Gasteiger partial charge in [-0.05, 0) is 56.8 Å². The number of amides is 1. The summed E-state index contributed by atoms with van der Waals surface area (Å²) in [4.78, 5) is 14.6. The third kappa shape index (κ3) is 5.03. The van der Waals surface area contributed by atoms with Gasteiger partial charge in [-0.2, -0.15) is 0 Å². The second-order valence-electron chi connectivity index (χ2n) is 7.01. The van der Waals surface area contributed by atoms with Crippen molar-refractivity contribution in [1.82, 2.24) is 14.9 Å². The molecule has 1 aliphatic heterocycles. The van der Waals surface area contributed by atoms with E-state index in [9.17, 15) is 13.2 Å². The average Bonchev–Trinajstić information content (AvgIpc) is 3.43. The number of likely N-dealkylation sites (N-methyl/N-ethyl adjacent to an activating group) is 1. The monoisotopic (exact) mass is 365 g/mol. The molecule has 0 radical (unpaired) electrons. The summed E-state index contributed by atoms with van der Waals surface area (Å²) in [5, 5.41) is 3.24. The Morgan fingerprint density at radius 2 is 1.88 bits per heavy atom. The largest absolute Gasteiger partial charge is 0.341 e. The highest BCUT2D eigenvalue weighted by molar-refractivity contribution is 7.89. The number of carbonyl (C=O) groups excluding carboxylic acids is 1. The minimum atomic E-state index is -3.40. The van der Waals surface area contributed by atoms with Gasteiger partial charge in [-0.1, -0.05) is 12.1 Å². The summed E-state index contributed by atoms with van der Waals surface area (Å²) in [7, 11) is -1.47. The van der Waals surface area contributed by atoms with Crippen LogP contribution >= 0.6 is 0 Å². The molecule has 6 nitrogen and oxygen atoms in total. The summed E-state index contributed by atoms with van der Waals surface area (Å²) in [6.07, 6.45) is 5.09. The molecular formula is C18H27N3O3S. The number of hydrogen-bond acceptors (Lipinski definition) is 4. The Bertz CT molecular complexity index is 699. The summed E-state index contributed by atoms with van der Waals surface area (Å²) >= 11 is 0. The Labute approximate surface area is 150 Å². The lowest BCUT2D eigenvalue weighted by molar-refractivity contribution is -0.132. The van der Waals surface area contributed by atoms with Gasteiger partial charge < -0.3 is 10.2 Å². The Kier molecular flexibility index (Phi) is 5.76. The standard InChI is InChI=1S/C18H27N3O3S/c1-19-16-3-2-12-21(13-16)18(22)11-6-14-4-9-17(10-5-14)25(23,24)20-15-7-8-15/h4-5,9-10,15-16,19-20H,2-3,6-8,11-13H2,1H3. The maximum atomic E-state index is 12.4. The molecule has 1 aromatic carbocycles. The second-order valence-corrected chi connectivity index (χ2v) is 8.72. The fourth-order valence-corrected chi connectivity index (χ4v) is 4.48. The van der Waals surface area contributed by atoms with Crippen LogP contribution in [0.15, 0.2) is 29.2 Å².